The van der Waals surface area contributed by atoms with Crippen molar-refractivity contribution in [2.24, 2.45) is 0 Å². The Morgan fingerprint density at radius 1 is 1.38 bits per heavy atom. The molecular formula is C12H23N. The topological polar surface area (TPSA) is 12.0 Å². The summed E-state index contributed by atoms with van der Waals surface area (Å²) in [7, 11) is 0. The smallest absolute Gasteiger partial charge is 0.0240 e. The van der Waals surface area contributed by atoms with Gasteiger partial charge in [0.1, 0.15) is 0 Å². The standard InChI is InChI=1S/C12H23N/c1-5-8-10-11(4)13-12(7-3)9-6-2/h2,11-13H,5,7-10H2,1,3-4H3. The molecular weight excluding hydrogens is 158 g/mol. The Hall–Kier alpha value is -0.480. The third-order valence-electron chi connectivity index (χ3n) is 2.37. The van der Waals surface area contributed by atoms with Crippen LogP contribution >= 0.6 is 0 Å². The molecule has 0 rings (SSSR count). The van der Waals surface area contributed by atoms with Gasteiger partial charge in [0.2, 0.25) is 0 Å². The van der Waals surface area contributed by atoms with Crippen molar-refractivity contribution >= 4 is 0 Å². The van der Waals surface area contributed by atoms with E-state index >= 15 is 0 Å². The molecule has 2 atom stereocenters. The molecule has 0 radical (unpaired) electrons. The zero-order chi connectivity index (χ0) is 10.1. The lowest BCUT2D eigenvalue weighted by molar-refractivity contribution is 0.414. The number of hydrogen-bond donors (Lipinski definition) is 1. The van der Waals surface area contributed by atoms with Crippen molar-refractivity contribution in [1.29, 1.82) is 0 Å². The highest BCUT2D eigenvalue weighted by Gasteiger charge is 2.07. The van der Waals surface area contributed by atoms with E-state index in [0.29, 0.717) is 12.1 Å². The first-order valence-electron chi connectivity index (χ1n) is 5.44. The van der Waals surface area contributed by atoms with Crippen LogP contribution in [-0.2, 0) is 0 Å². The van der Waals surface area contributed by atoms with Gasteiger partial charge in [0.15, 0.2) is 0 Å². The van der Waals surface area contributed by atoms with Crippen LogP contribution in [0.4, 0.5) is 0 Å². The van der Waals surface area contributed by atoms with Crippen LogP contribution in [0.3, 0.4) is 0 Å². The zero-order valence-corrected chi connectivity index (χ0v) is 9.27. The van der Waals surface area contributed by atoms with Crippen LogP contribution in [0.5, 0.6) is 0 Å². The molecule has 0 fully saturated rings. The average Bonchev–Trinajstić information content (AvgIpc) is 2.14. The maximum atomic E-state index is 5.29. The van der Waals surface area contributed by atoms with Crippen LogP contribution < -0.4 is 5.32 Å². The van der Waals surface area contributed by atoms with Crippen LogP contribution in [0.25, 0.3) is 0 Å². The van der Waals surface area contributed by atoms with Gasteiger partial charge >= 0.3 is 0 Å². The SMILES string of the molecule is C#CCC(CC)NC(C)CCCC. The first-order valence-corrected chi connectivity index (χ1v) is 5.44. The summed E-state index contributed by atoms with van der Waals surface area (Å²) in [5, 5.41) is 3.56. The molecule has 0 saturated carbocycles. The van der Waals surface area contributed by atoms with E-state index < -0.39 is 0 Å². The molecule has 2 unspecified atom stereocenters. The van der Waals surface area contributed by atoms with E-state index in [2.05, 4.69) is 32.0 Å². The Morgan fingerprint density at radius 2 is 2.08 bits per heavy atom. The fourth-order valence-electron chi connectivity index (χ4n) is 1.46. The molecule has 76 valence electrons. The van der Waals surface area contributed by atoms with Crippen molar-refractivity contribution in [3.05, 3.63) is 0 Å². The summed E-state index contributed by atoms with van der Waals surface area (Å²) >= 11 is 0. The lowest BCUT2D eigenvalue weighted by atomic mass is 10.1. The molecule has 0 aromatic rings. The van der Waals surface area contributed by atoms with E-state index in [1.807, 2.05) is 0 Å². The van der Waals surface area contributed by atoms with Crippen molar-refractivity contribution in [3.8, 4) is 12.3 Å². The predicted octanol–water partition coefficient (Wildman–Crippen LogP) is 2.96. The van der Waals surface area contributed by atoms with E-state index in [9.17, 15) is 0 Å². The first-order chi connectivity index (χ1) is 6.24. The maximum Gasteiger partial charge on any atom is 0.0240 e. The number of hydrogen-bond acceptors (Lipinski definition) is 1. The second-order valence-corrected chi connectivity index (χ2v) is 3.72. The lowest BCUT2D eigenvalue weighted by Crippen LogP contribution is -2.35. The van der Waals surface area contributed by atoms with E-state index in [0.717, 1.165) is 12.8 Å². The molecule has 1 nitrogen and oxygen atoms in total. The Labute approximate surface area is 83.3 Å². The zero-order valence-electron chi connectivity index (χ0n) is 9.27. The summed E-state index contributed by atoms with van der Waals surface area (Å²) in [5.74, 6) is 2.72. The second kappa shape index (κ2) is 8.13. The fraction of sp³-hybridized carbons (Fsp3) is 0.833. The summed E-state index contributed by atoms with van der Waals surface area (Å²) in [6.07, 6.45) is 11.1. The molecule has 0 bridgehead atoms. The Morgan fingerprint density at radius 3 is 2.54 bits per heavy atom. The minimum Gasteiger partial charge on any atom is -0.311 e. The van der Waals surface area contributed by atoms with Gasteiger partial charge < -0.3 is 5.32 Å². The predicted molar refractivity (Wildman–Crippen MR) is 59.7 cm³/mol. The van der Waals surface area contributed by atoms with Crippen LogP contribution in [0.2, 0.25) is 0 Å². The molecule has 0 heterocycles. The molecule has 0 aromatic carbocycles. The van der Waals surface area contributed by atoms with Crippen LogP contribution in [0.15, 0.2) is 0 Å². The van der Waals surface area contributed by atoms with Gasteiger partial charge in [-0.05, 0) is 19.8 Å². The van der Waals surface area contributed by atoms with Crippen LogP contribution in [-0.4, -0.2) is 12.1 Å². The molecule has 0 aromatic heterocycles. The largest absolute Gasteiger partial charge is 0.311 e. The summed E-state index contributed by atoms with van der Waals surface area (Å²) in [5.41, 5.74) is 0. The summed E-state index contributed by atoms with van der Waals surface area (Å²) in [6, 6.07) is 1.12. The van der Waals surface area contributed by atoms with E-state index in [-0.39, 0.29) is 0 Å². The van der Waals surface area contributed by atoms with E-state index in [1.165, 1.54) is 19.3 Å². The second-order valence-electron chi connectivity index (χ2n) is 3.72. The Bertz CT molecular complexity index is 146. The number of terminal acetylenes is 1. The number of nitrogens with one attached hydrogen (secondary N) is 1. The van der Waals surface area contributed by atoms with Crippen LogP contribution in [0.1, 0.15) is 52.9 Å². The number of unbranched alkanes of at least 4 members (excludes halogenated alkanes) is 1. The third kappa shape index (κ3) is 6.66. The maximum absolute atomic E-state index is 5.29. The van der Waals surface area contributed by atoms with Gasteiger partial charge in [-0.1, -0.05) is 26.7 Å². The lowest BCUT2D eigenvalue weighted by Gasteiger charge is -2.20. The van der Waals surface area contributed by atoms with E-state index in [4.69, 9.17) is 6.42 Å². The highest BCUT2D eigenvalue weighted by molar-refractivity contribution is 4.89. The molecule has 0 amide bonds. The van der Waals surface area contributed by atoms with Gasteiger partial charge in [-0.15, -0.1) is 12.3 Å². The summed E-state index contributed by atoms with van der Waals surface area (Å²) < 4.78 is 0. The van der Waals surface area contributed by atoms with Gasteiger partial charge in [0.05, 0.1) is 0 Å². The van der Waals surface area contributed by atoms with Gasteiger partial charge in [-0.2, -0.15) is 0 Å². The Kier molecular flexibility index (Phi) is 7.83. The first kappa shape index (κ1) is 12.5. The van der Waals surface area contributed by atoms with Crippen molar-refractivity contribution in [1.82, 2.24) is 5.32 Å². The summed E-state index contributed by atoms with van der Waals surface area (Å²) in [6.45, 7) is 6.65. The van der Waals surface area contributed by atoms with Crippen molar-refractivity contribution in [2.75, 3.05) is 0 Å². The highest BCUT2D eigenvalue weighted by atomic mass is 14.9. The fourth-order valence-corrected chi connectivity index (χ4v) is 1.46. The van der Waals surface area contributed by atoms with Crippen LogP contribution in [0, 0.1) is 12.3 Å². The molecule has 0 aliphatic carbocycles. The van der Waals surface area contributed by atoms with E-state index in [1.54, 1.807) is 0 Å². The molecule has 0 saturated heterocycles. The van der Waals surface area contributed by atoms with Crippen molar-refractivity contribution < 1.29 is 0 Å². The molecule has 0 aliphatic rings. The number of rotatable bonds is 7. The molecule has 0 spiro atoms. The monoisotopic (exact) mass is 181 g/mol. The average molecular weight is 181 g/mol. The van der Waals surface area contributed by atoms with Crippen molar-refractivity contribution in [2.45, 2.75) is 65.0 Å². The minimum atomic E-state index is 0.511. The molecule has 13 heavy (non-hydrogen) atoms. The van der Waals surface area contributed by atoms with Gasteiger partial charge in [0, 0.05) is 18.5 Å². The van der Waals surface area contributed by atoms with Gasteiger partial charge in [-0.3, -0.25) is 0 Å². The Balaban J connectivity index is 3.60. The molecule has 1 N–H and O–H groups in total. The quantitative estimate of drug-likeness (QED) is 0.595. The molecule has 0 aliphatic heterocycles. The summed E-state index contributed by atoms with van der Waals surface area (Å²) in [4.78, 5) is 0. The third-order valence-corrected chi connectivity index (χ3v) is 2.37. The minimum absolute atomic E-state index is 0.511. The molecule has 1 heteroatoms. The van der Waals surface area contributed by atoms with Gasteiger partial charge in [-0.25, -0.2) is 0 Å². The van der Waals surface area contributed by atoms with Gasteiger partial charge in [0.25, 0.3) is 0 Å². The highest BCUT2D eigenvalue weighted by Crippen LogP contribution is 2.04. The van der Waals surface area contributed by atoms with Crippen molar-refractivity contribution in [3.63, 3.8) is 0 Å². The normalized spacial score (nSPS) is 14.9.